The number of aromatic nitrogens is 1. The van der Waals surface area contributed by atoms with Crippen molar-refractivity contribution >= 4 is 56.8 Å². The Hall–Kier alpha value is -2.02. The lowest BCUT2D eigenvalue weighted by molar-refractivity contribution is -0.384. The average Bonchev–Trinajstić information content (AvgIpc) is 3.02. The van der Waals surface area contributed by atoms with Gasteiger partial charge in [0.05, 0.1) is 4.92 Å². The number of nitrogens with one attached hydrogen (secondary N) is 1. The number of hydrogen-bond acceptors (Lipinski definition) is 8. The monoisotopic (exact) mass is 445 g/mol. The molecule has 0 spiro atoms. The van der Waals surface area contributed by atoms with E-state index in [0.29, 0.717) is 9.38 Å². The van der Waals surface area contributed by atoms with Crippen molar-refractivity contribution < 1.29 is 24.5 Å². The van der Waals surface area contributed by atoms with Gasteiger partial charge in [-0.1, -0.05) is 15.9 Å². The first-order chi connectivity index (χ1) is 12.0. The van der Waals surface area contributed by atoms with Crippen molar-refractivity contribution in [3.63, 3.8) is 0 Å². The van der Waals surface area contributed by atoms with E-state index in [1.807, 2.05) is 0 Å². The molecule has 0 atom stereocenters. The molecule has 140 valence electrons. The van der Waals surface area contributed by atoms with E-state index >= 15 is 0 Å². The fourth-order valence-corrected chi connectivity index (χ4v) is 2.39. The van der Waals surface area contributed by atoms with Crippen LogP contribution in [0.2, 0.25) is 0 Å². The molecule has 0 aliphatic carbocycles. The zero-order valence-corrected chi connectivity index (χ0v) is 16.6. The number of nitro benzene ring substituents is 1. The van der Waals surface area contributed by atoms with E-state index in [2.05, 4.69) is 26.2 Å². The van der Waals surface area contributed by atoms with Crippen molar-refractivity contribution in [1.82, 2.24) is 4.98 Å². The molecule has 1 aromatic heterocycles. The maximum Gasteiger partial charge on any atom is 0.519 e. The number of rotatable bonds is 3. The number of ether oxygens (including phenoxy) is 1. The van der Waals surface area contributed by atoms with Gasteiger partial charge in [-0.25, -0.2) is 4.79 Å². The molecular weight excluding hydrogens is 429 g/mol. The van der Waals surface area contributed by atoms with Crippen LogP contribution in [0.4, 0.5) is 16.2 Å². The van der Waals surface area contributed by atoms with Crippen molar-refractivity contribution in [3.05, 3.63) is 44.4 Å². The van der Waals surface area contributed by atoms with Crippen LogP contribution in [0.5, 0.6) is 0 Å². The molecule has 26 heavy (non-hydrogen) atoms. The molecule has 2 rings (SSSR count). The number of anilines is 1. The van der Waals surface area contributed by atoms with Crippen LogP contribution in [0.3, 0.4) is 0 Å². The zero-order chi connectivity index (χ0) is 19.9. The first-order valence-electron chi connectivity index (χ1n) is 7.19. The van der Waals surface area contributed by atoms with Crippen LogP contribution < -0.4 is 10.2 Å². The lowest BCUT2D eigenvalue weighted by atomic mass is 9.94. The molecule has 3 N–H and O–H groups in total. The van der Waals surface area contributed by atoms with Gasteiger partial charge in [0.25, 0.3) is 5.69 Å². The number of nitrogens with zero attached hydrogens (tertiary/aromatic N) is 2. The van der Waals surface area contributed by atoms with E-state index in [-0.39, 0.29) is 11.4 Å². The molecule has 12 heteroatoms. The third-order valence-corrected chi connectivity index (χ3v) is 3.77. The van der Waals surface area contributed by atoms with Gasteiger partial charge in [-0.05, 0) is 32.9 Å². The predicted octanol–water partition coefficient (Wildman–Crippen LogP) is 2.53. The molecular formula is C14H17BBrN3O6S. The summed E-state index contributed by atoms with van der Waals surface area (Å²) in [6, 6.07) is 4.35. The van der Waals surface area contributed by atoms with Gasteiger partial charge in [-0.15, -0.1) is 11.3 Å². The highest BCUT2D eigenvalue weighted by Gasteiger charge is 2.20. The summed E-state index contributed by atoms with van der Waals surface area (Å²) in [5, 5.41) is 31.7. The minimum absolute atomic E-state index is 0.0949. The van der Waals surface area contributed by atoms with Crippen molar-refractivity contribution in [2.75, 3.05) is 5.32 Å². The second kappa shape index (κ2) is 9.62. The summed E-state index contributed by atoms with van der Waals surface area (Å²) < 4.78 is 5.58. The van der Waals surface area contributed by atoms with Gasteiger partial charge in [0, 0.05) is 22.1 Å². The predicted molar refractivity (Wildman–Crippen MR) is 103 cm³/mol. The van der Waals surface area contributed by atoms with E-state index in [4.69, 9.17) is 14.8 Å². The number of amides is 1. The molecule has 9 nitrogen and oxygen atoms in total. The first kappa shape index (κ1) is 22.0. The molecule has 1 aromatic carbocycles. The minimum atomic E-state index is -1.41. The fourth-order valence-electron chi connectivity index (χ4n) is 1.54. The van der Waals surface area contributed by atoms with Gasteiger partial charge >= 0.3 is 13.2 Å². The van der Waals surface area contributed by atoms with Crippen LogP contribution in [0.15, 0.2) is 34.2 Å². The van der Waals surface area contributed by atoms with Crippen molar-refractivity contribution in [3.8, 4) is 0 Å². The summed E-state index contributed by atoms with van der Waals surface area (Å²) in [5.74, 6) is 0. The summed E-state index contributed by atoms with van der Waals surface area (Å²) in [4.78, 5) is 25.8. The van der Waals surface area contributed by atoms with Gasteiger partial charge in [0.2, 0.25) is 0 Å². The Kier molecular flexibility index (Phi) is 8.15. The summed E-state index contributed by atoms with van der Waals surface area (Å²) in [6.07, 6.45) is 0.798. The van der Waals surface area contributed by atoms with E-state index in [9.17, 15) is 14.9 Å². The lowest BCUT2D eigenvalue weighted by Gasteiger charge is -2.19. The maximum atomic E-state index is 11.5. The summed E-state index contributed by atoms with van der Waals surface area (Å²) in [5.41, 5.74) is -0.763. The van der Waals surface area contributed by atoms with Crippen molar-refractivity contribution in [2.24, 2.45) is 0 Å². The molecule has 0 aliphatic rings. The van der Waals surface area contributed by atoms with Crippen LogP contribution in [-0.4, -0.2) is 38.8 Å². The van der Waals surface area contributed by atoms with Crippen LogP contribution in [0, 0.1) is 10.1 Å². The van der Waals surface area contributed by atoms with Crippen LogP contribution in [-0.2, 0) is 4.74 Å². The third-order valence-electron chi connectivity index (χ3n) is 2.46. The largest absolute Gasteiger partial charge is 0.519 e. The summed E-state index contributed by atoms with van der Waals surface area (Å²) >= 11 is 4.35. The number of nitro groups is 1. The van der Waals surface area contributed by atoms with E-state index in [1.165, 1.54) is 29.7 Å². The molecule has 2 aromatic rings. The quantitative estimate of drug-likeness (QED) is 0.375. The Balaban J connectivity index is 0.000000350. The minimum Gasteiger partial charge on any atom is -0.444 e. The molecule has 1 heterocycles. The Morgan fingerprint density at radius 1 is 1.42 bits per heavy atom. The second-order valence-corrected chi connectivity index (χ2v) is 7.63. The highest BCUT2D eigenvalue weighted by Crippen LogP contribution is 2.28. The number of thiazole rings is 1. The topological polar surface area (TPSA) is 135 Å². The van der Waals surface area contributed by atoms with E-state index in [1.54, 1.807) is 32.2 Å². The van der Waals surface area contributed by atoms with Crippen molar-refractivity contribution in [1.29, 1.82) is 0 Å². The number of hydrogen-bond donors (Lipinski definition) is 3. The number of benzene rings is 1. The van der Waals surface area contributed by atoms with Gasteiger partial charge in [-0.2, -0.15) is 0 Å². The zero-order valence-electron chi connectivity index (χ0n) is 14.2. The van der Waals surface area contributed by atoms with Crippen LogP contribution in [0.1, 0.15) is 20.8 Å². The van der Waals surface area contributed by atoms with Gasteiger partial charge in [-0.3, -0.25) is 20.4 Å². The van der Waals surface area contributed by atoms with Crippen molar-refractivity contribution in [2.45, 2.75) is 26.4 Å². The highest BCUT2D eigenvalue weighted by molar-refractivity contribution is 9.10. The maximum absolute atomic E-state index is 11.5. The van der Waals surface area contributed by atoms with E-state index < -0.39 is 23.7 Å². The normalized spacial score (nSPS) is 10.4. The molecule has 1 amide bonds. The number of carbonyl (C=O) groups excluding carboxylic acids is 1. The fraction of sp³-hybridized carbons (Fsp3) is 0.286. The molecule has 0 unspecified atom stereocenters. The molecule has 0 radical (unpaired) electrons. The Bertz CT molecular complexity index is 752. The molecule has 0 saturated carbocycles. The Morgan fingerprint density at radius 3 is 2.50 bits per heavy atom. The second-order valence-electron chi connectivity index (χ2n) is 5.79. The van der Waals surface area contributed by atoms with Crippen LogP contribution >= 0.6 is 27.3 Å². The van der Waals surface area contributed by atoms with Gasteiger partial charge in [0.1, 0.15) is 16.2 Å². The molecule has 0 bridgehead atoms. The van der Waals surface area contributed by atoms with Crippen LogP contribution in [0.25, 0.3) is 0 Å². The highest BCUT2D eigenvalue weighted by atomic mass is 79.9. The summed E-state index contributed by atoms with van der Waals surface area (Å²) in [6.45, 7) is 5.13. The molecule has 0 saturated heterocycles. The average molecular weight is 446 g/mol. The third kappa shape index (κ3) is 7.91. The lowest BCUT2D eigenvalue weighted by Crippen LogP contribution is -2.28. The first-order valence-corrected chi connectivity index (χ1v) is 8.86. The van der Waals surface area contributed by atoms with E-state index in [0.717, 1.165) is 0 Å². The Morgan fingerprint density at radius 2 is 2.08 bits per heavy atom. The summed E-state index contributed by atoms with van der Waals surface area (Å²) in [7, 11) is -1.41. The number of halogens is 1. The number of carbonyl (C=O) groups is 1. The molecule has 0 fully saturated rings. The molecule has 0 aliphatic heterocycles. The Labute approximate surface area is 162 Å². The van der Waals surface area contributed by atoms with Gasteiger partial charge in [0.15, 0.2) is 0 Å². The SMILES string of the molecule is CC(C)(C)OC(=O)Nc1ccc(Br)cc1[N+](=O)[O-].OB(O)c1nccs1. The smallest absolute Gasteiger partial charge is 0.444 e. The standard InChI is InChI=1S/C11H13BrN2O4.C3H4BNO2S/c1-11(2,3)18-10(15)13-8-5-4-7(12)6-9(8)14(16)17;6-4(7)3-5-1-2-8-3/h4-6H,1-3H3,(H,13,15);1-2,6-7H. The van der Waals surface area contributed by atoms with Gasteiger partial charge < -0.3 is 14.8 Å².